The highest BCUT2D eigenvalue weighted by Gasteiger charge is 2.10. The van der Waals surface area contributed by atoms with Gasteiger partial charge in [0.2, 0.25) is 5.91 Å². The number of aryl methyl sites for hydroxylation is 2. The number of anilines is 1. The predicted molar refractivity (Wildman–Crippen MR) is 92.1 cm³/mol. The van der Waals surface area contributed by atoms with Gasteiger partial charge in [-0.05, 0) is 61.7 Å². The van der Waals surface area contributed by atoms with Gasteiger partial charge >= 0.3 is 0 Å². The largest absolute Gasteiger partial charge is 0.376 e. The molecule has 2 aromatic carbocycles. The van der Waals surface area contributed by atoms with E-state index >= 15 is 0 Å². The van der Waals surface area contributed by atoms with E-state index in [0.717, 1.165) is 11.3 Å². The van der Waals surface area contributed by atoms with Crippen LogP contribution in [0.5, 0.6) is 0 Å². The zero-order chi connectivity index (χ0) is 16.8. The smallest absolute Gasteiger partial charge is 0.239 e. The van der Waals surface area contributed by atoms with Crippen molar-refractivity contribution in [1.82, 2.24) is 5.32 Å². The minimum atomic E-state index is -0.0694. The number of carbonyl (C=O) groups is 1. The van der Waals surface area contributed by atoms with E-state index in [2.05, 4.69) is 42.7 Å². The summed E-state index contributed by atoms with van der Waals surface area (Å²) in [7, 11) is 0. The fourth-order valence-electron chi connectivity index (χ4n) is 2.25. The van der Waals surface area contributed by atoms with Gasteiger partial charge in [0, 0.05) is 5.69 Å². The first-order valence-corrected chi connectivity index (χ1v) is 7.60. The van der Waals surface area contributed by atoms with E-state index < -0.39 is 0 Å². The Morgan fingerprint density at radius 1 is 1.13 bits per heavy atom. The fraction of sp³-hybridized carbons (Fsp3) is 0.263. The first-order valence-electron chi connectivity index (χ1n) is 7.60. The second kappa shape index (κ2) is 7.46. The third-order valence-electron chi connectivity index (χ3n) is 3.88. The minimum Gasteiger partial charge on any atom is -0.376 e. The Morgan fingerprint density at radius 2 is 1.83 bits per heavy atom. The summed E-state index contributed by atoms with van der Waals surface area (Å²) >= 11 is 0. The van der Waals surface area contributed by atoms with E-state index in [4.69, 9.17) is 5.26 Å². The number of hydrogen-bond donors (Lipinski definition) is 2. The lowest BCUT2D eigenvalue weighted by Crippen LogP contribution is -2.32. The topological polar surface area (TPSA) is 64.9 Å². The van der Waals surface area contributed by atoms with Crippen molar-refractivity contribution in [3.63, 3.8) is 0 Å². The molecule has 2 rings (SSSR count). The Kier molecular flexibility index (Phi) is 5.37. The number of rotatable bonds is 5. The molecule has 118 valence electrons. The quantitative estimate of drug-likeness (QED) is 0.889. The molecular formula is C19H21N3O. The normalized spacial score (nSPS) is 11.4. The maximum absolute atomic E-state index is 12.0. The van der Waals surface area contributed by atoms with Crippen LogP contribution in [-0.2, 0) is 4.79 Å². The molecule has 0 aliphatic rings. The summed E-state index contributed by atoms with van der Waals surface area (Å²) in [5.74, 6) is -0.0694. The molecule has 1 atom stereocenters. The Morgan fingerprint density at radius 3 is 2.43 bits per heavy atom. The maximum Gasteiger partial charge on any atom is 0.239 e. The van der Waals surface area contributed by atoms with Gasteiger partial charge in [0.1, 0.15) is 0 Å². The molecule has 0 unspecified atom stereocenters. The van der Waals surface area contributed by atoms with Crippen LogP contribution in [0.1, 0.15) is 35.2 Å². The molecule has 0 saturated heterocycles. The average molecular weight is 307 g/mol. The monoisotopic (exact) mass is 307 g/mol. The summed E-state index contributed by atoms with van der Waals surface area (Å²) < 4.78 is 0. The van der Waals surface area contributed by atoms with Crippen LogP contribution < -0.4 is 10.6 Å². The van der Waals surface area contributed by atoms with Gasteiger partial charge in [-0.2, -0.15) is 5.26 Å². The number of benzene rings is 2. The summed E-state index contributed by atoms with van der Waals surface area (Å²) in [6.45, 7) is 6.31. The number of hydrogen-bond acceptors (Lipinski definition) is 3. The molecule has 4 heteroatoms. The van der Waals surface area contributed by atoms with Crippen molar-refractivity contribution in [3.8, 4) is 6.07 Å². The molecule has 0 radical (unpaired) electrons. The van der Waals surface area contributed by atoms with E-state index in [1.807, 2.05) is 13.0 Å². The van der Waals surface area contributed by atoms with Crippen LogP contribution in [-0.4, -0.2) is 12.5 Å². The second-order valence-corrected chi connectivity index (χ2v) is 5.68. The number of amides is 1. The zero-order valence-corrected chi connectivity index (χ0v) is 13.7. The third-order valence-corrected chi connectivity index (χ3v) is 3.88. The number of nitriles is 1. The van der Waals surface area contributed by atoms with Gasteiger partial charge in [0.05, 0.1) is 24.2 Å². The zero-order valence-electron chi connectivity index (χ0n) is 13.7. The highest BCUT2D eigenvalue weighted by molar-refractivity contribution is 5.81. The number of nitrogens with one attached hydrogen (secondary N) is 2. The lowest BCUT2D eigenvalue weighted by atomic mass is 10.0. The van der Waals surface area contributed by atoms with Gasteiger partial charge in [-0.3, -0.25) is 4.79 Å². The van der Waals surface area contributed by atoms with Crippen molar-refractivity contribution in [2.24, 2.45) is 0 Å². The highest BCUT2D eigenvalue weighted by atomic mass is 16.1. The molecule has 1 amide bonds. The van der Waals surface area contributed by atoms with Crippen LogP contribution in [0.15, 0.2) is 42.5 Å². The Hall–Kier alpha value is -2.80. The molecule has 23 heavy (non-hydrogen) atoms. The first-order chi connectivity index (χ1) is 11.0. The molecule has 0 spiro atoms. The van der Waals surface area contributed by atoms with E-state index in [1.54, 1.807) is 24.3 Å². The van der Waals surface area contributed by atoms with Gasteiger partial charge in [-0.15, -0.1) is 0 Å². The summed E-state index contributed by atoms with van der Waals surface area (Å²) in [5.41, 5.74) is 4.98. The molecule has 2 N–H and O–H groups in total. The van der Waals surface area contributed by atoms with Gasteiger partial charge in [-0.25, -0.2) is 0 Å². The van der Waals surface area contributed by atoms with Crippen molar-refractivity contribution < 1.29 is 4.79 Å². The van der Waals surface area contributed by atoms with Gasteiger partial charge < -0.3 is 10.6 Å². The molecule has 0 heterocycles. The van der Waals surface area contributed by atoms with Crippen LogP contribution in [0.4, 0.5) is 5.69 Å². The summed E-state index contributed by atoms with van der Waals surface area (Å²) in [6.07, 6.45) is 0. The average Bonchev–Trinajstić information content (AvgIpc) is 2.55. The summed E-state index contributed by atoms with van der Waals surface area (Å²) in [6, 6.07) is 15.3. The lowest BCUT2D eigenvalue weighted by molar-refractivity contribution is -0.120. The Bertz CT molecular complexity index is 729. The van der Waals surface area contributed by atoms with Crippen molar-refractivity contribution in [2.75, 3.05) is 11.9 Å². The standard InChI is InChI=1S/C19H21N3O/c1-13-4-7-17(10-14(13)2)15(3)22-19(23)12-21-18-8-5-16(11-20)6-9-18/h4-10,15,21H,12H2,1-3H3,(H,22,23)/t15-/m0/s1. The van der Waals surface area contributed by atoms with Crippen LogP contribution >= 0.6 is 0 Å². The Balaban J connectivity index is 1.88. The van der Waals surface area contributed by atoms with E-state index in [-0.39, 0.29) is 18.5 Å². The molecule has 0 aliphatic carbocycles. The van der Waals surface area contributed by atoms with Crippen LogP contribution in [0.2, 0.25) is 0 Å². The van der Waals surface area contributed by atoms with Crippen molar-refractivity contribution in [2.45, 2.75) is 26.8 Å². The molecule has 0 aromatic heterocycles. The van der Waals surface area contributed by atoms with E-state index in [1.165, 1.54) is 11.1 Å². The van der Waals surface area contributed by atoms with Gasteiger partial charge in [-0.1, -0.05) is 18.2 Å². The number of nitrogens with zero attached hydrogens (tertiary/aromatic N) is 1. The lowest BCUT2D eigenvalue weighted by Gasteiger charge is -2.16. The first kappa shape index (κ1) is 16.6. The van der Waals surface area contributed by atoms with Crippen molar-refractivity contribution >= 4 is 11.6 Å². The summed E-state index contributed by atoms with van der Waals surface area (Å²) in [5, 5.41) is 14.8. The van der Waals surface area contributed by atoms with Gasteiger partial charge in [0.25, 0.3) is 0 Å². The SMILES string of the molecule is Cc1ccc([C@H](C)NC(=O)CNc2ccc(C#N)cc2)cc1C. The third kappa shape index (κ3) is 4.58. The van der Waals surface area contributed by atoms with Gasteiger partial charge in [0.15, 0.2) is 0 Å². The second-order valence-electron chi connectivity index (χ2n) is 5.68. The predicted octanol–water partition coefficient (Wildman–Crippen LogP) is 3.46. The molecule has 0 bridgehead atoms. The van der Waals surface area contributed by atoms with Crippen molar-refractivity contribution in [1.29, 1.82) is 5.26 Å². The van der Waals surface area contributed by atoms with Crippen LogP contribution in [0, 0.1) is 25.2 Å². The molecule has 0 aliphatic heterocycles. The Labute approximate surface area is 137 Å². The molecule has 0 fully saturated rings. The van der Waals surface area contributed by atoms with Crippen LogP contribution in [0.3, 0.4) is 0 Å². The molecular weight excluding hydrogens is 286 g/mol. The van der Waals surface area contributed by atoms with Crippen molar-refractivity contribution in [3.05, 3.63) is 64.7 Å². The maximum atomic E-state index is 12.0. The fourth-order valence-corrected chi connectivity index (χ4v) is 2.25. The molecule has 4 nitrogen and oxygen atoms in total. The summed E-state index contributed by atoms with van der Waals surface area (Å²) in [4.78, 5) is 12.0. The highest BCUT2D eigenvalue weighted by Crippen LogP contribution is 2.16. The van der Waals surface area contributed by atoms with Crippen LogP contribution in [0.25, 0.3) is 0 Å². The molecule has 2 aromatic rings. The van der Waals surface area contributed by atoms with E-state index in [9.17, 15) is 4.79 Å². The number of carbonyl (C=O) groups excluding carboxylic acids is 1. The molecule has 0 saturated carbocycles. The van der Waals surface area contributed by atoms with E-state index in [0.29, 0.717) is 5.56 Å². The minimum absolute atomic E-state index is 0.0374.